The lowest BCUT2D eigenvalue weighted by Gasteiger charge is -2.30. The quantitative estimate of drug-likeness (QED) is 0.790. The molecule has 0 saturated carbocycles. The molecule has 20 heavy (non-hydrogen) atoms. The lowest BCUT2D eigenvalue weighted by atomic mass is 10.00. The molecule has 0 bridgehead atoms. The lowest BCUT2D eigenvalue weighted by Crippen LogP contribution is -2.41. The van der Waals surface area contributed by atoms with Crippen LogP contribution >= 0.6 is 0 Å². The molecule has 5 heteroatoms. The number of nitrogens with zero attached hydrogens (tertiary/aromatic N) is 2. The highest BCUT2D eigenvalue weighted by Crippen LogP contribution is 2.29. The molecular formula is C15H23N3O2. The van der Waals surface area contributed by atoms with Crippen molar-refractivity contribution in [1.82, 2.24) is 15.3 Å². The van der Waals surface area contributed by atoms with Gasteiger partial charge in [-0.1, -0.05) is 6.92 Å². The van der Waals surface area contributed by atoms with Gasteiger partial charge in [-0.05, 0) is 36.6 Å². The third-order valence-electron chi connectivity index (χ3n) is 4.03. The summed E-state index contributed by atoms with van der Waals surface area (Å²) in [6.07, 6.45) is 5.15. The van der Waals surface area contributed by atoms with E-state index in [9.17, 15) is 4.79 Å². The highest BCUT2D eigenvalue weighted by atomic mass is 16.5. The molecule has 5 nitrogen and oxygen atoms in total. The maximum Gasteiger partial charge on any atom is 0.329 e. The van der Waals surface area contributed by atoms with Gasteiger partial charge in [-0.3, -0.25) is 0 Å². The van der Waals surface area contributed by atoms with Gasteiger partial charge in [0.1, 0.15) is 6.04 Å². The van der Waals surface area contributed by atoms with Gasteiger partial charge >= 0.3 is 5.97 Å². The number of carbonyl (C=O) groups excluding carboxylic acids is 1. The van der Waals surface area contributed by atoms with Crippen LogP contribution in [0.1, 0.15) is 20.3 Å². The first-order chi connectivity index (χ1) is 9.49. The SMILES string of the molecule is CCC1=CC(C)=C(C2=CC(C(=O)OC)N(C)N2C)CN1. The molecule has 0 radical (unpaired) electrons. The molecule has 2 rings (SSSR count). The van der Waals surface area contributed by atoms with E-state index >= 15 is 0 Å². The molecule has 2 aliphatic rings. The van der Waals surface area contributed by atoms with Crippen LogP contribution in [0.25, 0.3) is 0 Å². The van der Waals surface area contributed by atoms with Crippen LogP contribution in [-0.4, -0.2) is 49.8 Å². The summed E-state index contributed by atoms with van der Waals surface area (Å²) >= 11 is 0. The number of rotatable bonds is 3. The summed E-state index contributed by atoms with van der Waals surface area (Å²) in [4.78, 5) is 11.8. The molecule has 0 aromatic rings. The number of allylic oxidation sites excluding steroid dienone is 3. The number of esters is 1. The van der Waals surface area contributed by atoms with Gasteiger partial charge < -0.3 is 15.1 Å². The van der Waals surface area contributed by atoms with Gasteiger partial charge in [-0.25, -0.2) is 9.80 Å². The van der Waals surface area contributed by atoms with E-state index in [-0.39, 0.29) is 12.0 Å². The summed E-state index contributed by atoms with van der Waals surface area (Å²) < 4.78 is 4.85. The van der Waals surface area contributed by atoms with Crippen molar-refractivity contribution < 1.29 is 9.53 Å². The van der Waals surface area contributed by atoms with E-state index < -0.39 is 0 Å². The van der Waals surface area contributed by atoms with Crippen LogP contribution in [0.2, 0.25) is 0 Å². The molecule has 0 aromatic carbocycles. The molecule has 2 heterocycles. The van der Waals surface area contributed by atoms with Crippen LogP contribution in [0.15, 0.2) is 34.7 Å². The predicted molar refractivity (Wildman–Crippen MR) is 78.5 cm³/mol. The zero-order valence-corrected chi connectivity index (χ0v) is 12.9. The summed E-state index contributed by atoms with van der Waals surface area (Å²) in [6, 6.07) is -0.350. The van der Waals surface area contributed by atoms with Crippen LogP contribution in [0.3, 0.4) is 0 Å². The predicted octanol–water partition coefficient (Wildman–Crippen LogP) is 1.42. The number of carbonyl (C=O) groups is 1. The van der Waals surface area contributed by atoms with E-state index in [0.717, 1.165) is 18.7 Å². The average molecular weight is 277 g/mol. The first kappa shape index (κ1) is 14.7. The Kier molecular flexibility index (Phi) is 4.18. The van der Waals surface area contributed by atoms with E-state index in [1.165, 1.54) is 24.0 Å². The molecule has 0 amide bonds. The molecular weight excluding hydrogens is 254 g/mol. The first-order valence-electron chi connectivity index (χ1n) is 6.90. The fourth-order valence-electron chi connectivity index (χ4n) is 2.62. The van der Waals surface area contributed by atoms with Crippen LogP contribution in [-0.2, 0) is 9.53 Å². The summed E-state index contributed by atoms with van der Waals surface area (Å²) in [5.41, 5.74) is 4.80. The van der Waals surface area contributed by atoms with Gasteiger partial charge in [0.15, 0.2) is 0 Å². The minimum absolute atomic E-state index is 0.235. The second kappa shape index (κ2) is 5.71. The molecule has 2 aliphatic heterocycles. The standard InChI is InChI=1S/C15H23N3O2/c1-6-11-7-10(2)12(9-16-11)13-8-14(15(19)20-5)18(4)17(13)3/h7-8,14,16H,6,9H2,1-5H3. The van der Waals surface area contributed by atoms with Crippen molar-refractivity contribution in [1.29, 1.82) is 0 Å². The number of likely N-dealkylation sites (N-methyl/N-ethyl adjacent to an activating group) is 2. The summed E-state index contributed by atoms with van der Waals surface area (Å²) in [6.45, 7) is 5.05. The Morgan fingerprint density at radius 3 is 2.75 bits per heavy atom. The number of methoxy groups -OCH3 is 1. The monoisotopic (exact) mass is 277 g/mol. The van der Waals surface area contributed by atoms with Gasteiger partial charge in [0.25, 0.3) is 0 Å². The second-order valence-electron chi connectivity index (χ2n) is 5.16. The van der Waals surface area contributed by atoms with Gasteiger partial charge in [-0.15, -0.1) is 0 Å². The van der Waals surface area contributed by atoms with Crippen molar-refractivity contribution in [3.8, 4) is 0 Å². The molecule has 0 fully saturated rings. The Morgan fingerprint density at radius 2 is 2.20 bits per heavy atom. The van der Waals surface area contributed by atoms with Crippen LogP contribution in [0.5, 0.6) is 0 Å². The molecule has 0 saturated heterocycles. The van der Waals surface area contributed by atoms with E-state index in [4.69, 9.17) is 4.74 Å². The largest absolute Gasteiger partial charge is 0.468 e. The Bertz CT molecular complexity index is 505. The van der Waals surface area contributed by atoms with Gasteiger partial charge in [0, 0.05) is 26.3 Å². The van der Waals surface area contributed by atoms with Crippen LogP contribution < -0.4 is 5.32 Å². The summed E-state index contributed by atoms with van der Waals surface area (Å²) in [7, 11) is 5.28. The van der Waals surface area contributed by atoms with Gasteiger partial charge in [0.05, 0.1) is 12.8 Å². The first-order valence-corrected chi connectivity index (χ1v) is 6.90. The molecule has 110 valence electrons. The molecule has 0 aromatic heterocycles. The molecule has 1 atom stereocenters. The Labute approximate surface area is 120 Å². The molecule has 0 spiro atoms. The number of hydrogen-bond donors (Lipinski definition) is 1. The summed E-state index contributed by atoms with van der Waals surface area (Å²) in [5.74, 6) is -0.235. The van der Waals surface area contributed by atoms with Crippen molar-refractivity contribution in [2.24, 2.45) is 0 Å². The zero-order chi connectivity index (χ0) is 14.9. The van der Waals surface area contributed by atoms with E-state index in [2.05, 4.69) is 25.2 Å². The van der Waals surface area contributed by atoms with Crippen molar-refractivity contribution >= 4 is 5.97 Å². The molecule has 1 unspecified atom stereocenters. The van der Waals surface area contributed by atoms with E-state index in [1.807, 2.05) is 30.2 Å². The van der Waals surface area contributed by atoms with Gasteiger partial charge in [-0.2, -0.15) is 0 Å². The highest BCUT2D eigenvalue weighted by molar-refractivity contribution is 5.79. The van der Waals surface area contributed by atoms with Crippen LogP contribution in [0.4, 0.5) is 0 Å². The number of hydrazine groups is 1. The van der Waals surface area contributed by atoms with Crippen molar-refractivity contribution in [2.75, 3.05) is 27.7 Å². The lowest BCUT2D eigenvalue weighted by molar-refractivity contribution is -0.147. The Hall–Kier alpha value is -1.75. The van der Waals surface area contributed by atoms with Crippen LogP contribution in [0, 0.1) is 0 Å². The van der Waals surface area contributed by atoms with E-state index in [0.29, 0.717) is 0 Å². The number of nitrogens with one attached hydrogen (secondary N) is 1. The van der Waals surface area contributed by atoms with Gasteiger partial charge in [0.2, 0.25) is 0 Å². The van der Waals surface area contributed by atoms with Crippen molar-refractivity contribution in [2.45, 2.75) is 26.3 Å². The smallest absolute Gasteiger partial charge is 0.329 e. The zero-order valence-electron chi connectivity index (χ0n) is 12.9. The maximum absolute atomic E-state index is 11.8. The minimum atomic E-state index is -0.350. The van der Waals surface area contributed by atoms with E-state index in [1.54, 1.807) is 0 Å². The fraction of sp³-hybridized carbons (Fsp3) is 0.533. The maximum atomic E-state index is 11.8. The Morgan fingerprint density at radius 1 is 1.50 bits per heavy atom. The number of hydrogen-bond acceptors (Lipinski definition) is 5. The Balaban J connectivity index is 2.33. The third kappa shape index (κ3) is 2.45. The number of dihydropyridines is 1. The average Bonchev–Trinajstić information content (AvgIpc) is 2.74. The highest BCUT2D eigenvalue weighted by Gasteiger charge is 2.34. The topological polar surface area (TPSA) is 44.8 Å². The second-order valence-corrected chi connectivity index (χ2v) is 5.16. The normalized spacial score (nSPS) is 23.4. The summed E-state index contributed by atoms with van der Waals surface area (Å²) in [5, 5.41) is 7.32. The van der Waals surface area contributed by atoms with Crippen molar-refractivity contribution in [3.05, 3.63) is 34.7 Å². The van der Waals surface area contributed by atoms with Crippen molar-refractivity contribution in [3.63, 3.8) is 0 Å². The molecule has 1 N–H and O–H groups in total. The number of ether oxygens (including phenoxy) is 1. The fourth-order valence-corrected chi connectivity index (χ4v) is 2.62. The molecule has 0 aliphatic carbocycles. The third-order valence-corrected chi connectivity index (χ3v) is 4.03. The minimum Gasteiger partial charge on any atom is -0.468 e.